The van der Waals surface area contributed by atoms with Crippen LogP contribution in [0.4, 0.5) is 13.2 Å². The minimum absolute atomic E-state index is 0.229. The summed E-state index contributed by atoms with van der Waals surface area (Å²) in [5.41, 5.74) is 2.47. The van der Waals surface area contributed by atoms with Gasteiger partial charge in [0.15, 0.2) is 0 Å². The standard InChI is InChI=1S/C19H11F3N2/c20-19(21,22)13-5-3-7-15-18(13)12-8-11-10-4-1-2-6-14(10)23-16(11)9-17(12)24-15/h1-9,23-24H. The van der Waals surface area contributed by atoms with Crippen molar-refractivity contribution in [3.63, 3.8) is 0 Å². The summed E-state index contributed by atoms with van der Waals surface area (Å²) >= 11 is 0. The first-order valence-electron chi connectivity index (χ1n) is 7.54. The fourth-order valence-corrected chi connectivity index (χ4v) is 3.54. The van der Waals surface area contributed by atoms with Gasteiger partial charge in [-0.05, 0) is 30.3 Å². The number of para-hydroxylation sites is 1. The number of fused-ring (bicyclic) bond motifs is 6. The van der Waals surface area contributed by atoms with Crippen molar-refractivity contribution in [2.24, 2.45) is 0 Å². The van der Waals surface area contributed by atoms with Crippen LogP contribution in [0.15, 0.2) is 54.6 Å². The number of nitrogens with one attached hydrogen (secondary N) is 2. The van der Waals surface area contributed by atoms with Crippen molar-refractivity contribution in [1.29, 1.82) is 0 Å². The lowest BCUT2D eigenvalue weighted by atomic mass is 10.0. The van der Waals surface area contributed by atoms with Crippen molar-refractivity contribution < 1.29 is 13.2 Å². The van der Waals surface area contributed by atoms with Crippen molar-refractivity contribution in [2.45, 2.75) is 6.18 Å². The lowest BCUT2D eigenvalue weighted by Crippen LogP contribution is -2.04. The molecule has 2 N–H and O–H groups in total. The summed E-state index contributed by atoms with van der Waals surface area (Å²) in [4.78, 5) is 6.42. The number of hydrogen-bond acceptors (Lipinski definition) is 0. The van der Waals surface area contributed by atoms with E-state index >= 15 is 0 Å². The molecule has 0 radical (unpaired) electrons. The quantitative estimate of drug-likeness (QED) is 0.351. The fraction of sp³-hybridized carbons (Fsp3) is 0.0526. The van der Waals surface area contributed by atoms with Crippen LogP contribution in [0.2, 0.25) is 0 Å². The van der Waals surface area contributed by atoms with Crippen LogP contribution in [0.25, 0.3) is 43.6 Å². The molecule has 0 fully saturated rings. The second kappa shape index (κ2) is 4.32. The minimum atomic E-state index is -4.39. The lowest BCUT2D eigenvalue weighted by molar-refractivity contribution is -0.136. The molecule has 0 unspecified atom stereocenters. The van der Waals surface area contributed by atoms with Crippen LogP contribution in [0.1, 0.15) is 5.56 Å². The van der Waals surface area contributed by atoms with Crippen LogP contribution in [0, 0.1) is 0 Å². The first-order chi connectivity index (χ1) is 11.5. The Balaban J connectivity index is 2.00. The Bertz CT molecular complexity index is 1240. The van der Waals surface area contributed by atoms with Gasteiger partial charge in [-0.3, -0.25) is 0 Å². The largest absolute Gasteiger partial charge is 0.417 e. The molecule has 0 aliphatic heterocycles. The molecule has 0 amide bonds. The molecule has 0 aliphatic rings. The molecule has 3 aromatic carbocycles. The predicted molar refractivity (Wildman–Crippen MR) is 90.2 cm³/mol. The highest BCUT2D eigenvalue weighted by molar-refractivity contribution is 6.18. The van der Waals surface area contributed by atoms with Crippen molar-refractivity contribution in [3.05, 3.63) is 60.2 Å². The molecule has 5 heteroatoms. The van der Waals surface area contributed by atoms with Crippen LogP contribution >= 0.6 is 0 Å². The highest BCUT2D eigenvalue weighted by atomic mass is 19.4. The van der Waals surface area contributed by atoms with Gasteiger partial charge in [0.25, 0.3) is 0 Å². The number of H-pyrrole nitrogens is 2. The Labute approximate surface area is 133 Å². The van der Waals surface area contributed by atoms with Crippen LogP contribution in [-0.4, -0.2) is 9.97 Å². The summed E-state index contributed by atoms with van der Waals surface area (Å²) in [5.74, 6) is 0. The van der Waals surface area contributed by atoms with Crippen LogP contribution in [0.3, 0.4) is 0 Å². The average Bonchev–Trinajstić information content (AvgIpc) is 3.08. The second-order valence-corrected chi connectivity index (χ2v) is 5.96. The lowest BCUT2D eigenvalue weighted by Gasteiger charge is -2.08. The van der Waals surface area contributed by atoms with Gasteiger partial charge in [0.2, 0.25) is 0 Å². The topological polar surface area (TPSA) is 31.6 Å². The molecule has 0 atom stereocenters. The molecule has 0 bridgehead atoms. The Morgan fingerprint density at radius 3 is 2.17 bits per heavy atom. The number of benzene rings is 3. The van der Waals surface area contributed by atoms with Crippen LogP contribution in [0.5, 0.6) is 0 Å². The summed E-state index contributed by atoms with van der Waals surface area (Å²) in [5, 5.41) is 2.76. The Morgan fingerprint density at radius 2 is 1.33 bits per heavy atom. The number of aromatic amines is 2. The Morgan fingerprint density at radius 1 is 0.625 bits per heavy atom. The number of hydrogen-bond donors (Lipinski definition) is 2. The molecular formula is C19H11F3N2. The van der Waals surface area contributed by atoms with E-state index in [-0.39, 0.29) is 5.39 Å². The van der Waals surface area contributed by atoms with E-state index in [2.05, 4.69) is 9.97 Å². The number of alkyl halides is 3. The van der Waals surface area contributed by atoms with E-state index in [0.717, 1.165) is 27.9 Å². The molecule has 24 heavy (non-hydrogen) atoms. The van der Waals surface area contributed by atoms with Gasteiger partial charge >= 0.3 is 6.18 Å². The smallest absolute Gasteiger partial charge is 0.354 e. The summed E-state index contributed by atoms with van der Waals surface area (Å²) in [6, 6.07) is 15.8. The van der Waals surface area contributed by atoms with E-state index < -0.39 is 11.7 Å². The van der Waals surface area contributed by atoms with Crippen molar-refractivity contribution in [3.8, 4) is 0 Å². The maximum atomic E-state index is 13.4. The molecule has 0 saturated carbocycles. The van der Waals surface area contributed by atoms with Crippen LogP contribution in [-0.2, 0) is 6.18 Å². The zero-order valence-electron chi connectivity index (χ0n) is 12.3. The van der Waals surface area contributed by atoms with E-state index in [1.54, 1.807) is 6.07 Å². The average molecular weight is 324 g/mol. The van der Waals surface area contributed by atoms with Gasteiger partial charge in [-0.1, -0.05) is 24.3 Å². The molecular weight excluding hydrogens is 313 g/mol. The molecule has 2 nitrogen and oxygen atoms in total. The van der Waals surface area contributed by atoms with E-state index in [1.807, 2.05) is 36.4 Å². The summed E-state index contributed by atoms with van der Waals surface area (Å²) in [6.07, 6.45) is -4.39. The second-order valence-electron chi connectivity index (χ2n) is 5.96. The first kappa shape index (κ1) is 13.5. The van der Waals surface area contributed by atoms with Gasteiger partial charge in [-0.25, -0.2) is 0 Å². The van der Waals surface area contributed by atoms with Crippen molar-refractivity contribution in [1.82, 2.24) is 9.97 Å². The molecule has 0 spiro atoms. The molecule has 2 heterocycles. The Hall–Kier alpha value is -2.95. The van der Waals surface area contributed by atoms with E-state index in [4.69, 9.17) is 0 Å². The normalized spacial score (nSPS) is 12.8. The van der Waals surface area contributed by atoms with Gasteiger partial charge in [-0.2, -0.15) is 13.2 Å². The number of aromatic nitrogens is 2. The van der Waals surface area contributed by atoms with Crippen molar-refractivity contribution >= 4 is 43.6 Å². The monoisotopic (exact) mass is 324 g/mol. The van der Waals surface area contributed by atoms with Gasteiger partial charge < -0.3 is 9.97 Å². The summed E-state index contributed by atoms with van der Waals surface area (Å²) < 4.78 is 40.2. The summed E-state index contributed by atoms with van der Waals surface area (Å²) in [7, 11) is 0. The first-order valence-corrected chi connectivity index (χ1v) is 7.54. The number of rotatable bonds is 0. The molecule has 2 aromatic heterocycles. The van der Waals surface area contributed by atoms with E-state index in [0.29, 0.717) is 16.4 Å². The van der Waals surface area contributed by atoms with Crippen LogP contribution < -0.4 is 0 Å². The maximum Gasteiger partial charge on any atom is 0.417 e. The predicted octanol–water partition coefficient (Wildman–Crippen LogP) is 5.97. The maximum absolute atomic E-state index is 13.4. The highest BCUT2D eigenvalue weighted by Gasteiger charge is 2.33. The molecule has 5 aromatic rings. The fourth-order valence-electron chi connectivity index (χ4n) is 3.54. The van der Waals surface area contributed by atoms with Gasteiger partial charge in [0.05, 0.1) is 5.56 Å². The van der Waals surface area contributed by atoms with Gasteiger partial charge in [-0.15, -0.1) is 0 Å². The van der Waals surface area contributed by atoms with Crippen molar-refractivity contribution in [2.75, 3.05) is 0 Å². The summed E-state index contributed by atoms with van der Waals surface area (Å²) in [6.45, 7) is 0. The molecule has 118 valence electrons. The van der Waals surface area contributed by atoms with Gasteiger partial charge in [0.1, 0.15) is 0 Å². The van der Waals surface area contributed by atoms with E-state index in [1.165, 1.54) is 6.07 Å². The molecule has 0 saturated heterocycles. The SMILES string of the molecule is FC(F)(F)c1cccc2[nH]c3cc4[nH]c5ccccc5c4cc3c12. The van der Waals surface area contributed by atoms with E-state index in [9.17, 15) is 13.2 Å². The third-order valence-electron chi connectivity index (χ3n) is 4.55. The third kappa shape index (κ3) is 1.72. The zero-order valence-corrected chi connectivity index (χ0v) is 12.3. The zero-order chi connectivity index (χ0) is 16.5. The molecule has 0 aliphatic carbocycles. The highest BCUT2D eigenvalue weighted by Crippen LogP contribution is 2.40. The third-order valence-corrected chi connectivity index (χ3v) is 4.55. The minimum Gasteiger partial charge on any atom is -0.354 e. The number of halogens is 3. The molecule has 5 rings (SSSR count). The van der Waals surface area contributed by atoms with Gasteiger partial charge in [0, 0.05) is 43.6 Å². The Kier molecular flexibility index (Phi) is 2.43.